The van der Waals surface area contributed by atoms with Gasteiger partial charge in [0.25, 0.3) is 0 Å². The van der Waals surface area contributed by atoms with Crippen LogP contribution < -0.4 is 38.5 Å². The summed E-state index contributed by atoms with van der Waals surface area (Å²) >= 11 is 0. The standard InChI is InChI=1S/C29H51N9O9/c1-6-15(4)22(26(44)34-17(28(46)47)9-7-11-33-29(31)32)37-24(42)19-10-8-12-38(19)27(45)18(13-20(39)40)35-25(43)21(14(2)3)36-23(41)16(5)30/h14-19,21-22H,6-13,30H2,1-5H3,(H,34,44)(H,35,43)(H,36,41)(H,37,42)(H,39,40)(H,46,47)(H4,31,32,33)/t15-,16-,17-,18-,19-,21-,22-/m0/s1. The van der Waals surface area contributed by atoms with Crippen LogP contribution in [0.25, 0.3) is 0 Å². The highest BCUT2D eigenvalue weighted by Gasteiger charge is 2.41. The molecule has 1 heterocycles. The van der Waals surface area contributed by atoms with Gasteiger partial charge >= 0.3 is 11.9 Å². The van der Waals surface area contributed by atoms with E-state index < -0.39 is 96.0 Å². The van der Waals surface area contributed by atoms with E-state index in [1.54, 1.807) is 27.7 Å². The molecule has 1 fully saturated rings. The zero-order valence-corrected chi connectivity index (χ0v) is 27.7. The number of hydrogen-bond donors (Lipinski definition) is 9. The number of amides is 5. The number of rotatable bonds is 19. The van der Waals surface area contributed by atoms with Crippen LogP contribution in [-0.2, 0) is 33.6 Å². The fourth-order valence-electron chi connectivity index (χ4n) is 4.93. The predicted molar refractivity (Wildman–Crippen MR) is 170 cm³/mol. The molecule has 0 aromatic rings. The van der Waals surface area contributed by atoms with E-state index in [9.17, 15) is 43.8 Å². The molecule has 0 saturated carbocycles. The van der Waals surface area contributed by atoms with Crippen LogP contribution in [0.4, 0.5) is 0 Å². The second-order valence-corrected chi connectivity index (χ2v) is 12.1. The lowest BCUT2D eigenvalue weighted by Crippen LogP contribution is -2.60. The number of carboxylic acids is 2. The topological polar surface area (TPSA) is 302 Å². The van der Waals surface area contributed by atoms with Crippen molar-refractivity contribution in [2.24, 2.45) is 34.0 Å². The lowest BCUT2D eigenvalue weighted by Gasteiger charge is -2.31. The largest absolute Gasteiger partial charge is 0.481 e. The number of aliphatic carboxylic acids is 2. The summed E-state index contributed by atoms with van der Waals surface area (Å²) < 4.78 is 0. The molecule has 0 bridgehead atoms. The fourth-order valence-corrected chi connectivity index (χ4v) is 4.93. The van der Waals surface area contributed by atoms with Crippen LogP contribution in [0, 0.1) is 11.8 Å². The third-order valence-corrected chi connectivity index (χ3v) is 7.85. The van der Waals surface area contributed by atoms with Gasteiger partial charge in [0.15, 0.2) is 5.96 Å². The van der Waals surface area contributed by atoms with Crippen molar-refractivity contribution >= 4 is 47.4 Å². The van der Waals surface area contributed by atoms with Crippen LogP contribution in [0.1, 0.15) is 73.1 Å². The van der Waals surface area contributed by atoms with Gasteiger partial charge in [-0.3, -0.25) is 33.8 Å². The van der Waals surface area contributed by atoms with Gasteiger partial charge in [0.1, 0.15) is 30.2 Å². The minimum atomic E-state index is -1.56. The van der Waals surface area contributed by atoms with Gasteiger partial charge in [0.2, 0.25) is 29.5 Å². The zero-order valence-electron chi connectivity index (χ0n) is 27.7. The van der Waals surface area contributed by atoms with Gasteiger partial charge in [-0.15, -0.1) is 0 Å². The summed E-state index contributed by atoms with van der Waals surface area (Å²) in [5, 5.41) is 29.2. The number of guanidine groups is 1. The molecule has 1 aliphatic rings. The summed E-state index contributed by atoms with van der Waals surface area (Å²) in [5.74, 6) is -7.35. The normalized spacial score (nSPS) is 18.1. The average Bonchev–Trinajstić information content (AvgIpc) is 3.48. The average molecular weight is 670 g/mol. The number of carboxylic acid groups (broad SMARTS) is 2. The molecule has 7 atom stereocenters. The molecule has 0 aromatic carbocycles. The lowest BCUT2D eigenvalue weighted by molar-refractivity contribution is -0.146. The maximum absolute atomic E-state index is 13.6. The van der Waals surface area contributed by atoms with Crippen LogP contribution in [0.5, 0.6) is 0 Å². The molecule has 1 aliphatic heterocycles. The van der Waals surface area contributed by atoms with Crippen LogP contribution in [0.2, 0.25) is 0 Å². The maximum atomic E-state index is 13.6. The monoisotopic (exact) mass is 669 g/mol. The molecule has 266 valence electrons. The first-order chi connectivity index (χ1) is 21.9. The first kappa shape index (κ1) is 40.5. The highest BCUT2D eigenvalue weighted by atomic mass is 16.4. The fraction of sp³-hybridized carbons (Fsp3) is 0.724. The van der Waals surface area contributed by atoms with Crippen molar-refractivity contribution in [1.29, 1.82) is 0 Å². The van der Waals surface area contributed by atoms with Crippen molar-refractivity contribution in [3.05, 3.63) is 0 Å². The Morgan fingerprint density at radius 3 is 1.98 bits per heavy atom. The van der Waals surface area contributed by atoms with Gasteiger partial charge < -0.3 is 53.6 Å². The van der Waals surface area contributed by atoms with Crippen molar-refractivity contribution in [2.45, 2.75) is 109 Å². The smallest absolute Gasteiger partial charge is 0.326 e. The first-order valence-electron chi connectivity index (χ1n) is 15.7. The molecule has 18 heteroatoms. The Hall–Kier alpha value is -4.48. The van der Waals surface area contributed by atoms with Gasteiger partial charge in [-0.25, -0.2) is 4.79 Å². The van der Waals surface area contributed by atoms with Gasteiger partial charge in [0, 0.05) is 13.1 Å². The summed E-state index contributed by atoms with van der Waals surface area (Å²) in [4.78, 5) is 94.2. The van der Waals surface area contributed by atoms with Crippen molar-refractivity contribution in [3.8, 4) is 0 Å². The molecule has 0 unspecified atom stereocenters. The third-order valence-electron chi connectivity index (χ3n) is 7.85. The van der Waals surface area contributed by atoms with Gasteiger partial charge in [-0.1, -0.05) is 34.1 Å². The van der Waals surface area contributed by atoms with Crippen molar-refractivity contribution < 1.29 is 43.8 Å². The first-order valence-corrected chi connectivity index (χ1v) is 15.7. The van der Waals surface area contributed by atoms with Crippen molar-refractivity contribution in [1.82, 2.24) is 26.2 Å². The summed E-state index contributed by atoms with van der Waals surface area (Å²) in [6.45, 7) is 8.44. The maximum Gasteiger partial charge on any atom is 0.326 e. The van der Waals surface area contributed by atoms with Crippen molar-refractivity contribution in [3.63, 3.8) is 0 Å². The Bertz CT molecular complexity index is 1170. The van der Waals surface area contributed by atoms with E-state index in [1.165, 1.54) is 6.92 Å². The molecule has 18 nitrogen and oxygen atoms in total. The van der Waals surface area contributed by atoms with E-state index in [4.69, 9.17) is 17.2 Å². The Balaban J connectivity index is 3.15. The Morgan fingerprint density at radius 1 is 0.872 bits per heavy atom. The Labute approximate surface area is 274 Å². The quantitative estimate of drug-likeness (QED) is 0.0394. The van der Waals surface area contributed by atoms with E-state index in [1.807, 2.05) is 0 Å². The molecule has 5 amide bonds. The molecule has 1 saturated heterocycles. The second kappa shape index (κ2) is 19.2. The number of carbonyl (C=O) groups excluding carboxylic acids is 5. The summed E-state index contributed by atoms with van der Waals surface area (Å²) in [5.41, 5.74) is 16.2. The summed E-state index contributed by atoms with van der Waals surface area (Å²) in [7, 11) is 0. The number of nitrogens with one attached hydrogen (secondary N) is 4. The molecule has 0 aliphatic carbocycles. The van der Waals surface area contributed by atoms with Gasteiger partial charge in [-0.2, -0.15) is 0 Å². The highest BCUT2D eigenvalue weighted by molar-refractivity contribution is 5.97. The van der Waals surface area contributed by atoms with Crippen LogP contribution >= 0.6 is 0 Å². The van der Waals surface area contributed by atoms with E-state index >= 15 is 0 Å². The number of hydrogen-bond acceptors (Lipinski definition) is 9. The molecular weight excluding hydrogens is 618 g/mol. The van der Waals surface area contributed by atoms with Crippen LogP contribution in [-0.4, -0.2) is 112 Å². The van der Waals surface area contributed by atoms with E-state index in [2.05, 4.69) is 26.3 Å². The molecule has 0 radical (unpaired) electrons. The second-order valence-electron chi connectivity index (χ2n) is 12.1. The predicted octanol–water partition coefficient (Wildman–Crippen LogP) is -2.42. The van der Waals surface area contributed by atoms with Gasteiger partial charge in [0.05, 0.1) is 12.5 Å². The molecule has 0 spiro atoms. The number of carbonyl (C=O) groups is 7. The number of likely N-dealkylation sites (tertiary alicyclic amines) is 1. The van der Waals surface area contributed by atoms with Crippen molar-refractivity contribution in [2.75, 3.05) is 13.1 Å². The van der Waals surface area contributed by atoms with E-state index in [-0.39, 0.29) is 38.3 Å². The summed E-state index contributed by atoms with van der Waals surface area (Å²) in [6.07, 6.45) is 0.512. The highest BCUT2D eigenvalue weighted by Crippen LogP contribution is 2.21. The Kier molecular flexibility index (Phi) is 16.6. The van der Waals surface area contributed by atoms with Crippen LogP contribution in [0.3, 0.4) is 0 Å². The molecular formula is C29H51N9O9. The molecule has 0 aromatic heterocycles. The zero-order chi connectivity index (χ0) is 36.0. The SMILES string of the molecule is CC[C@H](C)[C@H](NC(=O)[C@@H]1CCCN1C(=O)[C@H](CC(=O)O)NC(=O)[C@@H](NC(=O)[C@H](C)N)C(C)C)C(=O)N[C@@H](CCCN=C(N)N)C(=O)O. The number of nitrogens with two attached hydrogens (primary N) is 3. The Morgan fingerprint density at radius 2 is 1.47 bits per heavy atom. The molecule has 1 rings (SSSR count). The molecule has 12 N–H and O–H groups in total. The summed E-state index contributed by atoms with van der Waals surface area (Å²) in [6, 6.07) is -7.13. The van der Waals surface area contributed by atoms with E-state index in [0.29, 0.717) is 12.8 Å². The number of aliphatic imine (C=N–C) groups is 1. The van der Waals surface area contributed by atoms with Crippen LogP contribution in [0.15, 0.2) is 4.99 Å². The third kappa shape index (κ3) is 13.0. The minimum absolute atomic E-state index is 0.0210. The molecule has 47 heavy (non-hydrogen) atoms. The lowest BCUT2D eigenvalue weighted by atomic mass is 9.97. The number of nitrogens with zero attached hydrogens (tertiary/aromatic N) is 2. The van der Waals surface area contributed by atoms with Gasteiger partial charge in [-0.05, 0) is 44.4 Å². The minimum Gasteiger partial charge on any atom is -0.481 e. The van der Waals surface area contributed by atoms with E-state index in [0.717, 1.165) is 4.90 Å².